The highest BCUT2D eigenvalue weighted by atomic mass is 35.5. The van der Waals surface area contributed by atoms with E-state index in [9.17, 15) is 9.59 Å². The maximum atomic E-state index is 13.0. The van der Waals surface area contributed by atoms with E-state index in [0.29, 0.717) is 22.8 Å². The van der Waals surface area contributed by atoms with Crippen LogP contribution in [-0.2, 0) is 11.3 Å². The second-order valence-corrected chi connectivity index (χ2v) is 7.40. The van der Waals surface area contributed by atoms with E-state index in [-0.39, 0.29) is 24.3 Å². The molecular formula is C18H19ClN4O3. The summed E-state index contributed by atoms with van der Waals surface area (Å²) in [6.07, 6.45) is 3.62. The van der Waals surface area contributed by atoms with Crippen molar-refractivity contribution in [1.82, 2.24) is 20.4 Å². The number of halogens is 1. The Balaban J connectivity index is 1.54. The molecule has 0 unspecified atom stereocenters. The molecule has 0 radical (unpaired) electrons. The van der Waals surface area contributed by atoms with Crippen molar-refractivity contribution in [3.8, 4) is 11.4 Å². The van der Waals surface area contributed by atoms with Gasteiger partial charge < -0.3 is 9.84 Å². The van der Waals surface area contributed by atoms with Crippen molar-refractivity contribution in [3.63, 3.8) is 0 Å². The lowest BCUT2D eigenvalue weighted by molar-refractivity contribution is -0.134. The van der Waals surface area contributed by atoms with E-state index in [2.05, 4.69) is 15.5 Å². The SMILES string of the molecule is C[C@H]1CCCC[C@]12NC(=O)N(Cc1nc(-c3cccc(Cl)c3)no1)C2=O. The summed E-state index contributed by atoms with van der Waals surface area (Å²) in [6.45, 7) is 1.98. The average molecular weight is 375 g/mol. The van der Waals surface area contributed by atoms with Gasteiger partial charge in [-0.15, -0.1) is 0 Å². The van der Waals surface area contributed by atoms with Gasteiger partial charge in [-0.25, -0.2) is 4.79 Å². The van der Waals surface area contributed by atoms with Crippen LogP contribution in [0.25, 0.3) is 11.4 Å². The summed E-state index contributed by atoms with van der Waals surface area (Å²) >= 11 is 5.98. The van der Waals surface area contributed by atoms with Crippen LogP contribution in [0.3, 0.4) is 0 Å². The van der Waals surface area contributed by atoms with Crippen LogP contribution < -0.4 is 5.32 Å². The molecule has 2 atom stereocenters. The number of aromatic nitrogens is 2. The molecule has 26 heavy (non-hydrogen) atoms. The van der Waals surface area contributed by atoms with Crippen molar-refractivity contribution < 1.29 is 14.1 Å². The fourth-order valence-electron chi connectivity index (χ4n) is 3.84. The summed E-state index contributed by atoms with van der Waals surface area (Å²) in [5.41, 5.74) is -0.0763. The van der Waals surface area contributed by atoms with E-state index >= 15 is 0 Å². The molecule has 1 aliphatic carbocycles. The third kappa shape index (κ3) is 2.76. The lowest BCUT2D eigenvalue weighted by atomic mass is 9.73. The standard InChI is InChI=1S/C18H19ClN4O3/c1-11-5-2-3-8-18(11)16(24)23(17(25)21-18)10-14-20-15(22-26-14)12-6-4-7-13(19)9-12/h4,6-7,9,11H,2-3,5,8,10H2,1H3,(H,21,25)/t11-,18-/m0/s1. The molecule has 1 saturated heterocycles. The number of carbonyl (C=O) groups excluding carboxylic acids is 2. The molecule has 1 aliphatic heterocycles. The molecule has 3 amide bonds. The Kier molecular flexibility index (Phi) is 4.19. The minimum absolute atomic E-state index is 0.0350. The minimum atomic E-state index is -0.787. The summed E-state index contributed by atoms with van der Waals surface area (Å²) in [5.74, 6) is 0.499. The summed E-state index contributed by atoms with van der Waals surface area (Å²) in [5, 5.41) is 7.41. The van der Waals surface area contributed by atoms with Crippen molar-refractivity contribution in [1.29, 1.82) is 0 Å². The van der Waals surface area contributed by atoms with Crippen LogP contribution in [0, 0.1) is 5.92 Å². The normalized spacial score (nSPS) is 25.8. The van der Waals surface area contributed by atoms with Gasteiger partial charge in [0.05, 0.1) is 0 Å². The van der Waals surface area contributed by atoms with E-state index in [1.54, 1.807) is 18.2 Å². The first-order valence-electron chi connectivity index (χ1n) is 8.72. The average Bonchev–Trinajstić information content (AvgIpc) is 3.18. The second kappa shape index (κ2) is 6.39. The molecule has 1 aromatic heterocycles. The smallest absolute Gasteiger partial charge is 0.325 e. The largest absolute Gasteiger partial charge is 0.337 e. The van der Waals surface area contributed by atoms with Gasteiger partial charge in [0, 0.05) is 10.6 Å². The van der Waals surface area contributed by atoms with Crippen molar-refractivity contribution in [2.24, 2.45) is 5.92 Å². The van der Waals surface area contributed by atoms with Crippen LogP contribution in [0.4, 0.5) is 4.79 Å². The summed E-state index contributed by atoms with van der Waals surface area (Å²) in [7, 11) is 0. The van der Waals surface area contributed by atoms with E-state index in [4.69, 9.17) is 16.1 Å². The quantitative estimate of drug-likeness (QED) is 0.832. The highest BCUT2D eigenvalue weighted by molar-refractivity contribution is 6.30. The van der Waals surface area contributed by atoms with E-state index in [0.717, 1.165) is 19.3 Å². The van der Waals surface area contributed by atoms with Gasteiger partial charge in [-0.05, 0) is 30.9 Å². The predicted octanol–water partition coefficient (Wildman–Crippen LogP) is 3.39. The Morgan fingerprint density at radius 3 is 3.00 bits per heavy atom. The Morgan fingerprint density at radius 1 is 1.38 bits per heavy atom. The Bertz CT molecular complexity index is 868. The molecule has 2 aromatic rings. The fraction of sp³-hybridized carbons (Fsp3) is 0.444. The van der Waals surface area contributed by atoms with Crippen molar-refractivity contribution in [2.75, 3.05) is 0 Å². The molecule has 1 N–H and O–H groups in total. The topological polar surface area (TPSA) is 88.3 Å². The summed E-state index contributed by atoms with van der Waals surface area (Å²) < 4.78 is 5.24. The molecule has 4 rings (SSSR count). The maximum Gasteiger partial charge on any atom is 0.325 e. The van der Waals surface area contributed by atoms with Crippen molar-refractivity contribution in [2.45, 2.75) is 44.7 Å². The molecule has 2 aliphatic rings. The van der Waals surface area contributed by atoms with Crippen LogP contribution in [0.5, 0.6) is 0 Å². The number of rotatable bonds is 3. The number of amides is 3. The van der Waals surface area contributed by atoms with Gasteiger partial charge in [0.15, 0.2) is 0 Å². The van der Waals surface area contributed by atoms with Gasteiger partial charge >= 0.3 is 6.03 Å². The number of carbonyl (C=O) groups is 2. The van der Waals surface area contributed by atoms with Crippen molar-refractivity contribution in [3.05, 3.63) is 35.2 Å². The first kappa shape index (κ1) is 17.0. The van der Waals surface area contributed by atoms with E-state index < -0.39 is 11.6 Å². The van der Waals surface area contributed by atoms with E-state index in [1.807, 2.05) is 13.0 Å². The zero-order valence-electron chi connectivity index (χ0n) is 14.4. The number of benzene rings is 1. The van der Waals surface area contributed by atoms with Gasteiger partial charge in [0.2, 0.25) is 11.7 Å². The number of urea groups is 1. The summed E-state index contributed by atoms with van der Waals surface area (Å²) in [6, 6.07) is 6.69. The third-order valence-corrected chi connectivity index (χ3v) is 5.58. The third-order valence-electron chi connectivity index (χ3n) is 5.35. The number of hydrogen-bond acceptors (Lipinski definition) is 5. The highest BCUT2D eigenvalue weighted by Crippen LogP contribution is 2.38. The molecule has 7 nitrogen and oxygen atoms in total. The first-order valence-corrected chi connectivity index (χ1v) is 9.10. The number of imide groups is 1. The molecule has 8 heteroatoms. The lowest BCUT2D eigenvalue weighted by Crippen LogP contribution is -2.53. The molecule has 2 heterocycles. The van der Waals surface area contributed by atoms with E-state index in [1.165, 1.54) is 4.90 Å². The van der Waals surface area contributed by atoms with Crippen LogP contribution in [0.15, 0.2) is 28.8 Å². The molecule has 1 spiro atoms. The van der Waals surface area contributed by atoms with Gasteiger partial charge in [0.25, 0.3) is 5.91 Å². The highest BCUT2D eigenvalue weighted by Gasteiger charge is 2.55. The molecule has 1 saturated carbocycles. The first-order chi connectivity index (χ1) is 12.5. The molecule has 1 aromatic carbocycles. The molecule has 136 valence electrons. The van der Waals surface area contributed by atoms with Crippen LogP contribution >= 0.6 is 11.6 Å². The zero-order chi connectivity index (χ0) is 18.3. The van der Waals surface area contributed by atoms with Crippen molar-refractivity contribution >= 4 is 23.5 Å². The van der Waals surface area contributed by atoms with Gasteiger partial charge in [-0.1, -0.05) is 48.7 Å². The number of hydrogen-bond donors (Lipinski definition) is 1. The Labute approximate surface area is 155 Å². The van der Waals surface area contributed by atoms with Gasteiger partial charge in [-0.2, -0.15) is 4.98 Å². The van der Waals surface area contributed by atoms with Gasteiger partial charge in [0.1, 0.15) is 12.1 Å². The minimum Gasteiger partial charge on any atom is -0.337 e. The number of nitrogens with zero attached hydrogens (tertiary/aromatic N) is 3. The molecule has 2 fully saturated rings. The number of nitrogens with one attached hydrogen (secondary N) is 1. The van der Waals surface area contributed by atoms with Gasteiger partial charge in [-0.3, -0.25) is 9.69 Å². The predicted molar refractivity (Wildman–Crippen MR) is 94.2 cm³/mol. The second-order valence-electron chi connectivity index (χ2n) is 6.96. The summed E-state index contributed by atoms with van der Waals surface area (Å²) in [4.78, 5) is 30.9. The molecule has 0 bridgehead atoms. The molecular weight excluding hydrogens is 356 g/mol. The van der Waals surface area contributed by atoms with Crippen LogP contribution in [-0.4, -0.2) is 32.5 Å². The fourth-order valence-corrected chi connectivity index (χ4v) is 4.03. The Hall–Kier alpha value is -2.41. The van der Waals surface area contributed by atoms with Crippen LogP contribution in [0.1, 0.15) is 38.5 Å². The maximum absolute atomic E-state index is 13.0. The Morgan fingerprint density at radius 2 is 2.23 bits per heavy atom. The van der Waals surface area contributed by atoms with Crippen LogP contribution in [0.2, 0.25) is 5.02 Å². The zero-order valence-corrected chi connectivity index (χ0v) is 15.1. The lowest BCUT2D eigenvalue weighted by Gasteiger charge is -2.36. The monoisotopic (exact) mass is 374 g/mol.